The van der Waals surface area contributed by atoms with Crippen LogP contribution in [0.3, 0.4) is 0 Å². The van der Waals surface area contributed by atoms with Crippen molar-refractivity contribution >= 4 is 19.0 Å². The second kappa shape index (κ2) is 14.0. The molecule has 4 heteroatoms. The maximum absolute atomic E-state index is 10.2. The highest BCUT2D eigenvalue weighted by Gasteiger charge is 1.95. The van der Waals surface area contributed by atoms with Gasteiger partial charge in [-0.2, -0.15) is 0 Å². The molecule has 0 aromatic heterocycles. The van der Waals surface area contributed by atoms with Crippen molar-refractivity contribution in [3.8, 4) is 0 Å². The van der Waals surface area contributed by atoms with Gasteiger partial charge in [0.05, 0.1) is 6.61 Å². The number of ether oxygens (including phenoxy) is 1. The van der Waals surface area contributed by atoms with Gasteiger partial charge in [0.2, 0.25) is 0 Å². The number of carbonyl (C=O) groups excluding carboxylic acids is 3. The lowest BCUT2D eigenvalue weighted by Gasteiger charge is -1.91. The van der Waals surface area contributed by atoms with Crippen LogP contribution in [-0.2, 0) is 9.53 Å². The van der Waals surface area contributed by atoms with E-state index in [2.05, 4.69) is 4.74 Å². The monoisotopic (exact) mass is 238 g/mol. The molecule has 0 saturated carbocycles. The first-order chi connectivity index (χ1) is 8.29. The zero-order valence-electron chi connectivity index (χ0n) is 10.4. The molecule has 0 aliphatic heterocycles. The summed E-state index contributed by atoms with van der Waals surface area (Å²) < 4.78 is 4.15. The lowest BCUT2D eigenvalue weighted by atomic mass is 10.1. The van der Waals surface area contributed by atoms with Gasteiger partial charge in [-0.3, -0.25) is 14.4 Å². The van der Waals surface area contributed by atoms with Crippen LogP contribution in [0.5, 0.6) is 0 Å². The van der Waals surface area contributed by atoms with E-state index in [0.29, 0.717) is 36.8 Å². The SMILES string of the molecule is CC.CCOC=O.O=Cc1ccccc1C=O. The predicted octanol–water partition coefficient (Wildman–Crippen LogP) is 2.52. The van der Waals surface area contributed by atoms with Crippen LogP contribution in [0.2, 0.25) is 0 Å². The zero-order valence-corrected chi connectivity index (χ0v) is 10.4. The molecule has 0 radical (unpaired) electrons. The van der Waals surface area contributed by atoms with Gasteiger partial charge in [0, 0.05) is 11.1 Å². The van der Waals surface area contributed by atoms with Gasteiger partial charge in [-0.25, -0.2) is 0 Å². The first-order valence-electron chi connectivity index (χ1n) is 5.34. The largest absolute Gasteiger partial charge is 0.468 e. The highest BCUT2D eigenvalue weighted by Crippen LogP contribution is 2.01. The Balaban J connectivity index is 0. The van der Waals surface area contributed by atoms with Crippen molar-refractivity contribution in [3.63, 3.8) is 0 Å². The third-order valence-corrected chi connectivity index (χ3v) is 1.48. The molecule has 0 fully saturated rings. The maximum Gasteiger partial charge on any atom is 0.293 e. The van der Waals surface area contributed by atoms with Crippen LogP contribution in [0.15, 0.2) is 24.3 Å². The Morgan fingerprint density at radius 2 is 1.41 bits per heavy atom. The average molecular weight is 238 g/mol. The van der Waals surface area contributed by atoms with E-state index in [4.69, 9.17) is 0 Å². The van der Waals surface area contributed by atoms with Crippen molar-refractivity contribution in [2.24, 2.45) is 0 Å². The normalized spacial score (nSPS) is 7.47. The quantitative estimate of drug-likeness (QED) is 0.756. The number of carbonyl (C=O) groups is 3. The highest BCUT2D eigenvalue weighted by atomic mass is 16.5. The summed E-state index contributed by atoms with van der Waals surface area (Å²) in [6.07, 6.45) is 1.34. The topological polar surface area (TPSA) is 60.4 Å². The maximum atomic E-state index is 10.2. The van der Waals surface area contributed by atoms with Crippen LogP contribution >= 0.6 is 0 Å². The van der Waals surface area contributed by atoms with E-state index in [1.54, 1.807) is 31.2 Å². The van der Waals surface area contributed by atoms with Crippen molar-refractivity contribution in [3.05, 3.63) is 35.4 Å². The summed E-state index contributed by atoms with van der Waals surface area (Å²) in [7, 11) is 0. The smallest absolute Gasteiger partial charge is 0.293 e. The summed E-state index contributed by atoms with van der Waals surface area (Å²) >= 11 is 0. The Morgan fingerprint density at radius 1 is 1.00 bits per heavy atom. The molecule has 0 amide bonds. The molecule has 0 spiro atoms. The summed E-state index contributed by atoms with van der Waals surface area (Å²) in [6.45, 7) is 6.66. The fourth-order valence-corrected chi connectivity index (χ4v) is 0.794. The van der Waals surface area contributed by atoms with Crippen molar-refractivity contribution in [1.82, 2.24) is 0 Å². The summed E-state index contributed by atoms with van der Waals surface area (Å²) in [5.41, 5.74) is 0.884. The third-order valence-electron chi connectivity index (χ3n) is 1.48. The minimum atomic E-state index is 0.431. The summed E-state index contributed by atoms with van der Waals surface area (Å²) in [5.74, 6) is 0. The van der Waals surface area contributed by atoms with Crippen LogP contribution < -0.4 is 0 Å². The number of benzene rings is 1. The molecule has 17 heavy (non-hydrogen) atoms. The lowest BCUT2D eigenvalue weighted by Crippen LogP contribution is -1.87. The number of hydrogen-bond donors (Lipinski definition) is 0. The molecule has 0 unspecified atom stereocenters. The molecule has 0 aliphatic carbocycles. The Bertz CT molecular complexity index is 294. The average Bonchev–Trinajstić information content (AvgIpc) is 2.42. The first-order valence-corrected chi connectivity index (χ1v) is 5.34. The Morgan fingerprint density at radius 3 is 1.59 bits per heavy atom. The standard InChI is InChI=1S/C8H6O2.C3H6O2.C2H6/c9-5-7-3-1-2-4-8(7)6-10;1-2-5-3-4;1-2/h1-6H;3H,2H2,1H3;1-2H3. The van der Waals surface area contributed by atoms with Gasteiger partial charge in [0.1, 0.15) is 0 Å². The molecule has 94 valence electrons. The van der Waals surface area contributed by atoms with Gasteiger partial charge in [-0.15, -0.1) is 0 Å². The highest BCUT2D eigenvalue weighted by molar-refractivity contribution is 5.89. The van der Waals surface area contributed by atoms with E-state index in [1.807, 2.05) is 13.8 Å². The molecule has 0 N–H and O–H groups in total. The summed E-state index contributed by atoms with van der Waals surface area (Å²) in [4.78, 5) is 29.6. The van der Waals surface area contributed by atoms with Crippen molar-refractivity contribution in [2.45, 2.75) is 20.8 Å². The van der Waals surface area contributed by atoms with Gasteiger partial charge < -0.3 is 4.74 Å². The second-order valence-electron chi connectivity index (χ2n) is 2.42. The Labute approximate surface area is 102 Å². The van der Waals surface area contributed by atoms with E-state index >= 15 is 0 Å². The number of aldehydes is 2. The minimum Gasteiger partial charge on any atom is -0.468 e. The third kappa shape index (κ3) is 8.99. The molecule has 0 atom stereocenters. The molecule has 0 heterocycles. The van der Waals surface area contributed by atoms with Gasteiger partial charge in [0.15, 0.2) is 12.6 Å². The van der Waals surface area contributed by atoms with Crippen molar-refractivity contribution < 1.29 is 19.1 Å². The van der Waals surface area contributed by atoms with Gasteiger partial charge in [-0.1, -0.05) is 38.1 Å². The van der Waals surface area contributed by atoms with E-state index in [-0.39, 0.29) is 0 Å². The molecule has 0 aliphatic rings. The van der Waals surface area contributed by atoms with Crippen LogP contribution in [0.4, 0.5) is 0 Å². The molecular formula is C13H18O4. The van der Waals surface area contributed by atoms with Gasteiger partial charge >= 0.3 is 0 Å². The van der Waals surface area contributed by atoms with Gasteiger partial charge in [0.25, 0.3) is 6.47 Å². The van der Waals surface area contributed by atoms with Crippen molar-refractivity contribution in [2.75, 3.05) is 6.61 Å². The molecule has 4 nitrogen and oxygen atoms in total. The fraction of sp³-hybridized carbons (Fsp3) is 0.308. The molecule has 0 bridgehead atoms. The first kappa shape index (κ1) is 17.4. The van der Waals surface area contributed by atoms with Crippen LogP contribution in [0.1, 0.15) is 41.5 Å². The van der Waals surface area contributed by atoms with Crippen molar-refractivity contribution in [1.29, 1.82) is 0 Å². The second-order valence-corrected chi connectivity index (χ2v) is 2.42. The van der Waals surface area contributed by atoms with E-state index < -0.39 is 0 Å². The van der Waals surface area contributed by atoms with Crippen LogP contribution in [-0.4, -0.2) is 25.7 Å². The van der Waals surface area contributed by atoms with E-state index in [0.717, 1.165) is 0 Å². The molecule has 1 aromatic rings. The fourth-order valence-electron chi connectivity index (χ4n) is 0.794. The zero-order chi connectivity index (χ0) is 13.5. The Hall–Kier alpha value is -1.97. The molecular weight excluding hydrogens is 220 g/mol. The van der Waals surface area contributed by atoms with E-state index in [9.17, 15) is 14.4 Å². The Kier molecular flexibility index (Phi) is 14.4. The molecule has 1 rings (SSSR count). The van der Waals surface area contributed by atoms with E-state index in [1.165, 1.54) is 0 Å². The lowest BCUT2D eigenvalue weighted by molar-refractivity contribution is -0.128. The number of hydrogen-bond acceptors (Lipinski definition) is 4. The van der Waals surface area contributed by atoms with Gasteiger partial charge in [-0.05, 0) is 6.92 Å². The summed E-state index contributed by atoms with van der Waals surface area (Å²) in [5, 5.41) is 0. The predicted molar refractivity (Wildman–Crippen MR) is 66.3 cm³/mol. The minimum absolute atomic E-state index is 0.431. The molecule has 1 aromatic carbocycles. The number of rotatable bonds is 4. The van der Waals surface area contributed by atoms with Crippen LogP contribution in [0, 0.1) is 0 Å². The summed E-state index contributed by atoms with van der Waals surface area (Å²) in [6, 6.07) is 6.65. The molecule has 0 saturated heterocycles. The van der Waals surface area contributed by atoms with Crippen LogP contribution in [0.25, 0.3) is 0 Å².